The van der Waals surface area contributed by atoms with Crippen LogP contribution in [0.1, 0.15) is 72.6 Å². The van der Waals surface area contributed by atoms with E-state index in [2.05, 4.69) is 6.58 Å². The van der Waals surface area contributed by atoms with Gasteiger partial charge in [0, 0.05) is 12.5 Å². The highest BCUT2D eigenvalue weighted by Crippen LogP contribution is 2.49. The fraction of sp³-hybridized carbons (Fsp3) is 0.818. The minimum Gasteiger partial charge on any atom is -0.478 e. The number of ether oxygens (including phenoxy) is 3. The van der Waals surface area contributed by atoms with Crippen LogP contribution in [0, 0.1) is 5.92 Å². The number of esters is 1. The zero-order chi connectivity index (χ0) is 21.6. The van der Waals surface area contributed by atoms with Crippen molar-refractivity contribution in [2.45, 2.75) is 108 Å². The summed E-state index contributed by atoms with van der Waals surface area (Å²) in [6.45, 7) is 10.9. The molecule has 0 saturated carbocycles. The predicted molar refractivity (Wildman–Crippen MR) is 105 cm³/mol. The van der Waals surface area contributed by atoms with Gasteiger partial charge in [0.15, 0.2) is 0 Å². The summed E-state index contributed by atoms with van der Waals surface area (Å²) in [7, 11) is 0. The number of carboxylic acids is 1. The van der Waals surface area contributed by atoms with Crippen molar-refractivity contribution in [3.8, 4) is 0 Å². The highest BCUT2D eigenvalue weighted by molar-refractivity contribution is 5.86. The van der Waals surface area contributed by atoms with Gasteiger partial charge in [-0.3, -0.25) is 4.79 Å². The highest BCUT2D eigenvalue weighted by atomic mass is 16.6. The van der Waals surface area contributed by atoms with E-state index in [9.17, 15) is 19.8 Å². The zero-order valence-corrected chi connectivity index (χ0v) is 17.9. The SMILES string of the molecule is C=C(C(=O)O)[C@@H]1CC[C@@](C)(O)[C@@H]2CC[C@@](C)(O2)[C@@H](OC(C)=O)CC[C@]2(C)O[C@@H]2C1. The minimum atomic E-state index is -1.11. The molecule has 29 heavy (non-hydrogen) atoms. The number of carbonyl (C=O) groups is 2. The van der Waals surface area contributed by atoms with Gasteiger partial charge in [-0.25, -0.2) is 4.79 Å². The van der Waals surface area contributed by atoms with Gasteiger partial charge in [0.25, 0.3) is 0 Å². The smallest absolute Gasteiger partial charge is 0.331 e. The number of aliphatic carboxylic acids is 1. The van der Waals surface area contributed by atoms with Crippen molar-refractivity contribution < 1.29 is 34.0 Å². The van der Waals surface area contributed by atoms with E-state index in [-0.39, 0.29) is 29.2 Å². The summed E-state index contributed by atoms with van der Waals surface area (Å²) < 4.78 is 17.9. The van der Waals surface area contributed by atoms with Crippen LogP contribution in [0.4, 0.5) is 0 Å². The van der Waals surface area contributed by atoms with E-state index in [0.29, 0.717) is 44.9 Å². The van der Waals surface area contributed by atoms with Crippen LogP contribution < -0.4 is 0 Å². The second-order valence-electron chi connectivity index (χ2n) is 9.67. The molecule has 3 rings (SSSR count). The van der Waals surface area contributed by atoms with E-state index in [0.717, 1.165) is 0 Å². The van der Waals surface area contributed by atoms with Crippen LogP contribution in [-0.4, -0.2) is 57.3 Å². The third-order valence-corrected chi connectivity index (χ3v) is 7.20. The Balaban J connectivity index is 1.87. The standard InChI is InChI=1S/C22H34O7/c1-13(19(24)25)15-6-9-20(3,26)16-7-10-21(4,28-16)17(27-14(2)23)8-11-22(5)18(12-15)29-22/h15-18,26H,1,6-12H2,2-5H3,(H,24,25)/t15-,16+,17+,18-,20-,21-,22+/m1/s1. The van der Waals surface area contributed by atoms with E-state index >= 15 is 0 Å². The Morgan fingerprint density at radius 2 is 1.62 bits per heavy atom. The Kier molecular flexibility index (Phi) is 5.89. The molecule has 7 nitrogen and oxygen atoms in total. The van der Waals surface area contributed by atoms with Crippen LogP contribution in [0.2, 0.25) is 0 Å². The molecule has 7 atom stereocenters. The summed E-state index contributed by atoms with van der Waals surface area (Å²) in [4.78, 5) is 23.2. The third kappa shape index (κ3) is 4.67. The van der Waals surface area contributed by atoms with Gasteiger partial charge in [0.05, 0.1) is 23.4 Å². The first-order valence-corrected chi connectivity index (χ1v) is 10.5. The molecule has 0 aromatic rings. The second-order valence-corrected chi connectivity index (χ2v) is 9.67. The van der Waals surface area contributed by atoms with Crippen molar-refractivity contribution in [1.29, 1.82) is 0 Å². The number of fused-ring (bicyclic) bond motifs is 3. The molecule has 7 heteroatoms. The Morgan fingerprint density at radius 1 is 1.00 bits per heavy atom. The van der Waals surface area contributed by atoms with Gasteiger partial charge in [-0.15, -0.1) is 0 Å². The summed E-state index contributed by atoms with van der Waals surface area (Å²) in [6.07, 6.45) is 3.16. The highest BCUT2D eigenvalue weighted by Gasteiger charge is 2.55. The molecular formula is C22H34O7. The molecule has 0 unspecified atom stereocenters. The quantitative estimate of drug-likeness (QED) is 0.418. The Bertz CT molecular complexity index is 687. The fourth-order valence-electron chi connectivity index (χ4n) is 4.95. The molecule has 0 amide bonds. The molecule has 3 aliphatic rings. The van der Waals surface area contributed by atoms with E-state index in [1.807, 2.05) is 13.8 Å². The monoisotopic (exact) mass is 410 g/mol. The van der Waals surface area contributed by atoms with Crippen LogP contribution in [0.3, 0.4) is 0 Å². The normalized spacial score (nSPS) is 45.1. The van der Waals surface area contributed by atoms with Gasteiger partial charge in [0.2, 0.25) is 0 Å². The summed E-state index contributed by atoms with van der Waals surface area (Å²) in [5.41, 5.74) is -2.00. The Morgan fingerprint density at radius 3 is 2.24 bits per heavy atom. The lowest BCUT2D eigenvalue weighted by molar-refractivity contribution is -0.184. The van der Waals surface area contributed by atoms with Crippen molar-refractivity contribution in [2.24, 2.45) is 5.92 Å². The zero-order valence-electron chi connectivity index (χ0n) is 17.9. The number of hydrogen-bond acceptors (Lipinski definition) is 6. The van der Waals surface area contributed by atoms with Gasteiger partial charge in [0.1, 0.15) is 11.7 Å². The first-order valence-electron chi connectivity index (χ1n) is 10.5. The summed E-state index contributed by atoms with van der Waals surface area (Å²) in [6, 6.07) is 0. The molecule has 0 aromatic heterocycles. The molecule has 3 aliphatic heterocycles. The van der Waals surface area contributed by atoms with E-state index in [1.165, 1.54) is 6.92 Å². The maximum Gasteiger partial charge on any atom is 0.331 e. The first-order chi connectivity index (χ1) is 13.4. The largest absolute Gasteiger partial charge is 0.478 e. The molecule has 0 radical (unpaired) electrons. The van der Waals surface area contributed by atoms with Gasteiger partial charge in [-0.1, -0.05) is 6.58 Å². The number of hydrogen-bond donors (Lipinski definition) is 2. The molecule has 0 aliphatic carbocycles. The maximum absolute atomic E-state index is 11.7. The summed E-state index contributed by atoms with van der Waals surface area (Å²) in [5.74, 6) is -1.64. The second kappa shape index (κ2) is 7.67. The maximum atomic E-state index is 11.7. The predicted octanol–water partition coefficient (Wildman–Crippen LogP) is 2.99. The van der Waals surface area contributed by atoms with E-state index in [4.69, 9.17) is 14.2 Å². The molecule has 0 aromatic carbocycles. The van der Waals surface area contributed by atoms with Gasteiger partial charge >= 0.3 is 11.9 Å². The lowest BCUT2D eigenvalue weighted by Crippen LogP contribution is -2.46. The molecular weight excluding hydrogens is 376 g/mol. The Labute approximate surface area is 172 Å². The lowest BCUT2D eigenvalue weighted by Gasteiger charge is -2.37. The molecule has 164 valence electrons. The van der Waals surface area contributed by atoms with Crippen LogP contribution in [-0.2, 0) is 23.8 Å². The van der Waals surface area contributed by atoms with Crippen molar-refractivity contribution >= 4 is 11.9 Å². The van der Waals surface area contributed by atoms with E-state index < -0.39 is 29.4 Å². The average molecular weight is 411 g/mol. The van der Waals surface area contributed by atoms with Gasteiger partial charge < -0.3 is 24.4 Å². The molecule has 2 N–H and O–H groups in total. The van der Waals surface area contributed by atoms with Crippen LogP contribution in [0.15, 0.2) is 12.2 Å². The topological polar surface area (TPSA) is 106 Å². The van der Waals surface area contributed by atoms with Crippen molar-refractivity contribution in [3.05, 3.63) is 12.2 Å². The lowest BCUT2D eigenvalue weighted by atomic mass is 9.81. The van der Waals surface area contributed by atoms with Crippen molar-refractivity contribution in [2.75, 3.05) is 0 Å². The molecule has 2 bridgehead atoms. The number of carbonyl (C=O) groups excluding carboxylic acids is 1. The third-order valence-electron chi connectivity index (χ3n) is 7.20. The first kappa shape index (κ1) is 22.2. The summed E-state index contributed by atoms with van der Waals surface area (Å²) in [5, 5.41) is 20.6. The van der Waals surface area contributed by atoms with Crippen molar-refractivity contribution in [3.63, 3.8) is 0 Å². The van der Waals surface area contributed by atoms with Crippen LogP contribution in [0.25, 0.3) is 0 Å². The number of aliphatic hydroxyl groups is 1. The number of rotatable bonds is 3. The number of epoxide rings is 1. The molecule has 3 heterocycles. The molecule has 0 spiro atoms. The van der Waals surface area contributed by atoms with Gasteiger partial charge in [-0.05, 0) is 71.6 Å². The Hall–Kier alpha value is -1.44. The fourth-order valence-corrected chi connectivity index (χ4v) is 4.95. The molecule has 3 saturated heterocycles. The van der Waals surface area contributed by atoms with Crippen molar-refractivity contribution in [1.82, 2.24) is 0 Å². The van der Waals surface area contributed by atoms with E-state index in [1.54, 1.807) is 6.92 Å². The average Bonchev–Trinajstić information content (AvgIpc) is 3.05. The van der Waals surface area contributed by atoms with Crippen LogP contribution >= 0.6 is 0 Å². The van der Waals surface area contributed by atoms with Crippen LogP contribution in [0.5, 0.6) is 0 Å². The minimum absolute atomic E-state index is 0.0711. The van der Waals surface area contributed by atoms with Gasteiger partial charge in [-0.2, -0.15) is 0 Å². The molecule has 3 fully saturated rings. The summed E-state index contributed by atoms with van der Waals surface area (Å²) >= 11 is 0. The number of carboxylic acid groups (broad SMARTS) is 1.